The van der Waals surface area contributed by atoms with E-state index in [1.54, 1.807) is 6.21 Å². The Hall–Kier alpha value is -2.05. The van der Waals surface area contributed by atoms with Crippen LogP contribution in [0.4, 0.5) is 11.4 Å². The fourth-order valence-electron chi connectivity index (χ4n) is 3.25. The Morgan fingerprint density at radius 2 is 1.71 bits per heavy atom. The summed E-state index contributed by atoms with van der Waals surface area (Å²) in [6.45, 7) is 3.78. The van der Waals surface area contributed by atoms with Gasteiger partial charge in [-0.15, -0.1) is 0 Å². The summed E-state index contributed by atoms with van der Waals surface area (Å²) in [6.07, 6.45) is 1.79. The van der Waals surface area contributed by atoms with E-state index in [2.05, 4.69) is 38.0 Å². The molecular weight excluding hydrogens is 499 g/mol. The van der Waals surface area contributed by atoms with E-state index in [4.69, 9.17) is 32.7 Å². The van der Waals surface area contributed by atoms with Crippen LogP contribution in [0.1, 0.15) is 11.1 Å². The van der Waals surface area contributed by atoms with Crippen molar-refractivity contribution in [1.82, 2.24) is 0 Å². The van der Waals surface area contributed by atoms with Crippen LogP contribution >= 0.6 is 39.1 Å². The van der Waals surface area contributed by atoms with Crippen molar-refractivity contribution >= 4 is 56.7 Å². The molecule has 0 atom stereocenters. The Morgan fingerprint density at radius 3 is 2.39 bits per heavy atom. The predicted octanol–water partition coefficient (Wildman–Crippen LogP) is 6.92. The van der Waals surface area contributed by atoms with Gasteiger partial charge in [0.05, 0.1) is 28.4 Å². The fraction of sp³-hybridized carbons (Fsp3) is 0.208. The van der Waals surface area contributed by atoms with E-state index in [-0.39, 0.29) is 0 Å². The maximum atomic E-state index is 6.46. The fourth-order valence-corrected chi connectivity index (χ4v) is 4.36. The first-order chi connectivity index (χ1) is 15.1. The molecule has 3 aromatic rings. The summed E-state index contributed by atoms with van der Waals surface area (Å²) in [5.74, 6) is 0.601. The molecule has 0 bridgehead atoms. The quantitative estimate of drug-likeness (QED) is 0.331. The third kappa shape index (κ3) is 6.01. The number of aliphatic imine (C=N–C) groups is 1. The van der Waals surface area contributed by atoms with Gasteiger partial charge in [0.2, 0.25) is 0 Å². The lowest BCUT2D eigenvalue weighted by atomic mass is 10.2. The summed E-state index contributed by atoms with van der Waals surface area (Å²) in [4.78, 5) is 6.89. The number of hydrogen-bond donors (Lipinski definition) is 0. The number of benzene rings is 3. The molecule has 1 aliphatic heterocycles. The Kier molecular flexibility index (Phi) is 7.51. The minimum Gasteiger partial charge on any atom is -0.486 e. The second-order valence-corrected chi connectivity index (χ2v) is 8.80. The molecule has 0 aromatic heterocycles. The van der Waals surface area contributed by atoms with Crippen LogP contribution in [0.15, 0.2) is 70.1 Å². The van der Waals surface area contributed by atoms with E-state index in [0.717, 1.165) is 47.6 Å². The molecule has 1 aliphatic rings. The van der Waals surface area contributed by atoms with Crippen LogP contribution < -0.4 is 9.64 Å². The minimum absolute atomic E-state index is 0.401. The molecule has 1 heterocycles. The van der Waals surface area contributed by atoms with Crippen molar-refractivity contribution in [2.24, 2.45) is 4.99 Å². The predicted molar refractivity (Wildman–Crippen MR) is 132 cm³/mol. The first-order valence-corrected chi connectivity index (χ1v) is 11.5. The topological polar surface area (TPSA) is 34.1 Å². The van der Waals surface area contributed by atoms with Gasteiger partial charge in [-0.1, -0.05) is 35.3 Å². The monoisotopic (exact) mass is 518 g/mol. The maximum absolute atomic E-state index is 6.46. The molecule has 0 amide bonds. The molecule has 31 heavy (non-hydrogen) atoms. The summed E-state index contributed by atoms with van der Waals surface area (Å²) in [6, 6.07) is 19.5. The SMILES string of the molecule is Clc1ccc(COc2c(Cl)cc(C=Nc3ccc(N4CCOCC4)cc3)cc2Br)cc1. The number of halogens is 3. The van der Waals surface area contributed by atoms with Crippen LogP contribution in [0.25, 0.3) is 0 Å². The van der Waals surface area contributed by atoms with Gasteiger partial charge in [-0.05, 0) is 75.6 Å². The molecule has 0 radical (unpaired) electrons. The highest BCUT2D eigenvalue weighted by Crippen LogP contribution is 2.35. The highest BCUT2D eigenvalue weighted by Gasteiger charge is 2.11. The molecular formula is C24H21BrCl2N2O2. The standard InChI is InChI=1S/C24H21BrCl2N2O2/c25-22-13-18(14-23(27)24(22)31-16-17-1-3-19(26)4-2-17)15-28-20-5-7-21(8-6-20)29-9-11-30-12-10-29/h1-8,13-15H,9-12,16H2. The van der Waals surface area contributed by atoms with Crippen molar-refractivity contribution in [2.75, 3.05) is 31.2 Å². The van der Waals surface area contributed by atoms with E-state index in [9.17, 15) is 0 Å². The van der Waals surface area contributed by atoms with E-state index in [0.29, 0.717) is 22.4 Å². The summed E-state index contributed by atoms with van der Waals surface area (Å²) >= 11 is 15.9. The van der Waals surface area contributed by atoms with Crippen molar-refractivity contribution in [1.29, 1.82) is 0 Å². The number of ether oxygens (including phenoxy) is 2. The van der Waals surface area contributed by atoms with E-state index < -0.39 is 0 Å². The average Bonchev–Trinajstić information content (AvgIpc) is 2.79. The largest absolute Gasteiger partial charge is 0.486 e. The van der Waals surface area contributed by atoms with Gasteiger partial charge in [-0.25, -0.2) is 0 Å². The van der Waals surface area contributed by atoms with E-state index >= 15 is 0 Å². The lowest BCUT2D eigenvalue weighted by Gasteiger charge is -2.28. The van der Waals surface area contributed by atoms with Crippen molar-refractivity contribution in [3.8, 4) is 5.75 Å². The molecule has 3 aromatic carbocycles. The zero-order valence-corrected chi connectivity index (χ0v) is 19.8. The molecule has 0 aliphatic carbocycles. The summed E-state index contributed by atoms with van der Waals surface area (Å²) < 4.78 is 12.1. The molecule has 1 saturated heterocycles. The third-order valence-electron chi connectivity index (χ3n) is 4.91. The van der Waals surface area contributed by atoms with Crippen molar-refractivity contribution in [3.05, 3.63) is 86.3 Å². The van der Waals surface area contributed by atoms with Crippen LogP contribution in [0.2, 0.25) is 10.0 Å². The lowest BCUT2D eigenvalue weighted by molar-refractivity contribution is 0.122. The summed E-state index contributed by atoms with van der Waals surface area (Å²) in [7, 11) is 0. The van der Waals surface area contributed by atoms with Crippen LogP contribution in [0, 0.1) is 0 Å². The molecule has 1 fully saturated rings. The Morgan fingerprint density at radius 1 is 1.00 bits per heavy atom. The highest BCUT2D eigenvalue weighted by molar-refractivity contribution is 9.10. The molecule has 4 nitrogen and oxygen atoms in total. The summed E-state index contributed by atoms with van der Waals surface area (Å²) in [5.41, 5.74) is 3.97. The number of morpholine rings is 1. The maximum Gasteiger partial charge on any atom is 0.152 e. The highest BCUT2D eigenvalue weighted by atomic mass is 79.9. The Balaban J connectivity index is 1.41. The van der Waals surface area contributed by atoms with Gasteiger partial charge in [0.15, 0.2) is 5.75 Å². The Labute approximate surface area is 200 Å². The van der Waals surface area contributed by atoms with Crippen molar-refractivity contribution in [2.45, 2.75) is 6.61 Å². The molecule has 160 valence electrons. The van der Waals surface area contributed by atoms with Crippen molar-refractivity contribution < 1.29 is 9.47 Å². The van der Waals surface area contributed by atoms with Crippen LogP contribution in [0.5, 0.6) is 5.75 Å². The second-order valence-electron chi connectivity index (χ2n) is 7.10. The third-order valence-corrected chi connectivity index (χ3v) is 6.03. The van der Waals surface area contributed by atoms with Gasteiger partial charge in [0.25, 0.3) is 0 Å². The van der Waals surface area contributed by atoms with Crippen molar-refractivity contribution in [3.63, 3.8) is 0 Å². The number of hydrogen-bond acceptors (Lipinski definition) is 4. The van der Waals surface area contributed by atoms with Crippen LogP contribution in [0.3, 0.4) is 0 Å². The van der Waals surface area contributed by atoms with Gasteiger partial charge in [-0.2, -0.15) is 0 Å². The van der Waals surface area contributed by atoms with E-state index in [1.807, 2.05) is 48.5 Å². The Bertz CT molecular complexity index is 1030. The van der Waals surface area contributed by atoms with E-state index in [1.165, 1.54) is 5.69 Å². The molecule has 7 heteroatoms. The first-order valence-electron chi connectivity index (χ1n) is 9.91. The van der Waals surface area contributed by atoms with Gasteiger partial charge in [0, 0.05) is 30.0 Å². The minimum atomic E-state index is 0.401. The summed E-state index contributed by atoms with van der Waals surface area (Å²) in [5, 5.41) is 1.22. The smallest absolute Gasteiger partial charge is 0.152 e. The second kappa shape index (κ2) is 10.5. The van der Waals surface area contributed by atoms with Gasteiger partial charge in [0.1, 0.15) is 6.61 Å². The number of nitrogens with zero attached hydrogens (tertiary/aromatic N) is 2. The van der Waals surface area contributed by atoms with Crippen LogP contribution in [-0.4, -0.2) is 32.5 Å². The zero-order valence-electron chi connectivity index (χ0n) is 16.7. The normalized spacial score (nSPS) is 14.2. The van der Waals surface area contributed by atoms with Gasteiger partial charge < -0.3 is 14.4 Å². The zero-order chi connectivity index (χ0) is 21.6. The van der Waals surface area contributed by atoms with Gasteiger partial charge >= 0.3 is 0 Å². The number of anilines is 1. The molecule has 0 spiro atoms. The van der Waals surface area contributed by atoms with Crippen LogP contribution in [-0.2, 0) is 11.3 Å². The lowest BCUT2D eigenvalue weighted by Crippen LogP contribution is -2.36. The molecule has 0 N–H and O–H groups in total. The molecule has 0 saturated carbocycles. The average molecular weight is 520 g/mol. The first kappa shape index (κ1) is 22.2. The number of rotatable bonds is 6. The van der Waals surface area contributed by atoms with Gasteiger partial charge in [-0.3, -0.25) is 4.99 Å². The molecule has 0 unspecified atom stereocenters. The molecule has 4 rings (SSSR count).